The predicted octanol–water partition coefficient (Wildman–Crippen LogP) is 2.40. The first-order chi connectivity index (χ1) is 19.5. The summed E-state index contributed by atoms with van der Waals surface area (Å²) in [5.74, 6) is 0.383. The van der Waals surface area contributed by atoms with Gasteiger partial charge in [0.2, 0.25) is 11.8 Å². The lowest BCUT2D eigenvalue weighted by molar-refractivity contribution is -0.136. The predicted molar refractivity (Wildman–Crippen MR) is 144 cm³/mol. The second kappa shape index (κ2) is 10.2. The minimum Gasteiger partial charge on any atom is -0.489 e. The minimum absolute atomic E-state index is 0.0551. The van der Waals surface area contributed by atoms with Gasteiger partial charge in [-0.1, -0.05) is 12.1 Å². The van der Waals surface area contributed by atoms with Crippen LogP contribution in [0.1, 0.15) is 52.2 Å². The highest BCUT2D eigenvalue weighted by Gasteiger charge is 2.39. The standard InChI is InChI=1S/C30H31N5O5/c36-28-8-7-27(29(37)32-28)34-15-21-11-24(5-6-26(21)30(34)38)40-25-9-10-33(16-25)13-19-12-31-35(14-19)23-3-1-20(2-4-23)22-17-39-18-22/h1-6,11-12,14,22,25,27H,7-10,13,15-18H2,(H,32,36,37). The monoisotopic (exact) mass is 541 g/mol. The average Bonchev–Trinajstić information content (AvgIpc) is 3.64. The summed E-state index contributed by atoms with van der Waals surface area (Å²) in [5.41, 5.74) is 4.95. The van der Waals surface area contributed by atoms with E-state index in [1.165, 1.54) is 5.56 Å². The molecule has 0 saturated carbocycles. The largest absolute Gasteiger partial charge is 0.489 e. The van der Waals surface area contributed by atoms with Crippen LogP contribution in [0.5, 0.6) is 5.75 Å². The van der Waals surface area contributed by atoms with Crippen molar-refractivity contribution in [1.82, 2.24) is 24.9 Å². The average molecular weight is 542 g/mol. The summed E-state index contributed by atoms with van der Waals surface area (Å²) in [6.45, 7) is 4.50. The minimum atomic E-state index is -0.614. The Kier molecular flexibility index (Phi) is 6.36. The molecule has 4 aliphatic rings. The molecule has 3 amide bonds. The van der Waals surface area contributed by atoms with E-state index >= 15 is 0 Å². The van der Waals surface area contributed by atoms with Gasteiger partial charge in [-0.15, -0.1) is 0 Å². The zero-order valence-corrected chi connectivity index (χ0v) is 22.1. The van der Waals surface area contributed by atoms with Crippen molar-refractivity contribution in [3.8, 4) is 11.4 Å². The highest BCUT2D eigenvalue weighted by atomic mass is 16.5. The molecule has 3 saturated heterocycles. The van der Waals surface area contributed by atoms with E-state index in [1.807, 2.05) is 23.0 Å². The molecule has 7 rings (SSSR count). The molecule has 10 heteroatoms. The van der Waals surface area contributed by atoms with Gasteiger partial charge in [0.1, 0.15) is 17.9 Å². The smallest absolute Gasteiger partial charge is 0.255 e. The molecule has 3 fully saturated rings. The lowest BCUT2D eigenvalue weighted by Crippen LogP contribution is -2.52. The first kappa shape index (κ1) is 25.0. The lowest BCUT2D eigenvalue weighted by Gasteiger charge is -2.29. The first-order valence-electron chi connectivity index (χ1n) is 13.9. The summed E-state index contributed by atoms with van der Waals surface area (Å²) < 4.78 is 13.5. The van der Waals surface area contributed by atoms with Crippen molar-refractivity contribution >= 4 is 17.7 Å². The molecule has 10 nitrogen and oxygen atoms in total. The van der Waals surface area contributed by atoms with Crippen LogP contribution in [-0.4, -0.2) is 75.8 Å². The Hall–Kier alpha value is -4.02. The maximum Gasteiger partial charge on any atom is 0.255 e. The molecule has 0 aliphatic carbocycles. The molecule has 5 heterocycles. The maximum absolute atomic E-state index is 12.9. The quantitative estimate of drug-likeness (QED) is 0.458. The van der Waals surface area contributed by atoms with E-state index in [4.69, 9.17) is 9.47 Å². The topological polar surface area (TPSA) is 106 Å². The van der Waals surface area contributed by atoms with E-state index in [0.717, 1.165) is 61.8 Å². The van der Waals surface area contributed by atoms with Crippen molar-refractivity contribution in [3.63, 3.8) is 0 Å². The Morgan fingerprint density at radius 3 is 2.67 bits per heavy atom. The number of hydrogen-bond donors (Lipinski definition) is 1. The first-order valence-corrected chi connectivity index (χ1v) is 13.9. The van der Waals surface area contributed by atoms with Gasteiger partial charge in [0, 0.05) is 55.8 Å². The van der Waals surface area contributed by atoms with Crippen LogP contribution in [0.15, 0.2) is 54.9 Å². The summed E-state index contributed by atoms with van der Waals surface area (Å²) in [4.78, 5) is 40.7. The molecule has 3 aromatic rings. The third kappa shape index (κ3) is 4.77. The third-order valence-electron chi connectivity index (χ3n) is 8.34. The van der Waals surface area contributed by atoms with Crippen molar-refractivity contribution in [2.75, 3.05) is 26.3 Å². The molecule has 1 aromatic heterocycles. The van der Waals surface area contributed by atoms with Crippen LogP contribution in [0.2, 0.25) is 0 Å². The van der Waals surface area contributed by atoms with Gasteiger partial charge in [-0.25, -0.2) is 4.68 Å². The van der Waals surface area contributed by atoms with Crippen LogP contribution < -0.4 is 10.1 Å². The van der Waals surface area contributed by atoms with E-state index < -0.39 is 11.9 Å². The number of carbonyl (C=O) groups excluding carboxylic acids is 3. The number of rotatable bonds is 7. The lowest BCUT2D eigenvalue weighted by atomic mass is 9.97. The molecule has 40 heavy (non-hydrogen) atoms. The SMILES string of the molecule is O=C1CCC(N2Cc3cc(OC4CCN(Cc5cnn(-c6ccc(C7COC7)cc6)c5)C4)ccc3C2=O)C(=O)N1. The van der Waals surface area contributed by atoms with Crippen molar-refractivity contribution < 1.29 is 23.9 Å². The van der Waals surface area contributed by atoms with Crippen molar-refractivity contribution in [2.24, 2.45) is 0 Å². The van der Waals surface area contributed by atoms with Gasteiger partial charge in [-0.3, -0.25) is 24.6 Å². The van der Waals surface area contributed by atoms with Crippen LogP contribution in [0, 0.1) is 0 Å². The Morgan fingerprint density at radius 2 is 1.90 bits per heavy atom. The number of imide groups is 1. The molecule has 0 radical (unpaired) electrons. The number of carbonyl (C=O) groups is 3. The molecule has 2 atom stereocenters. The summed E-state index contributed by atoms with van der Waals surface area (Å²) in [7, 11) is 0. The van der Waals surface area contributed by atoms with Gasteiger partial charge < -0.3 is 14.4 Å². The van der Waals surface area contributed by atoms with E-state index in [9.17, 15) is 14.4 Å². The number of fused-ring (bicyclic) bond motifs is 1. The second-order valence-electron chi connectivity index (χ2n) is 11.1. The van der Waals surface area contributed by atoms with E-state index in [2.05, 4.69) is 45.8 Å². The number of ether oxygens (including phenoxy) is 2. The van der Waals surface area contributed by atoms with Gasteiger partial charge >= 0.3 is 0 Å². The van der Waals surface area contributed by atoms with Crippen molar-refractivity contribution in [3.05, 3.63) is 77.1 Å². The summed E-state index contributed by atoms with van der Waals surface area (Å²) in [6.07, 6.45) is 5.58. The van der Waals surface area contributed by atoms with E-state index in [1.54, 1.807) is 11.0 Å². The second-order valence-corrected chi connectivity index (χ2v) is 11.1. The van der Waals surface area contributed by atoms with Crippen molar-refractivity contribution in [1.29, 1.82) is 0 Å². The molecule has 4 aliphatic heterocycles. The van der Waals surface area contributed by atoms with Crippen LogP contribution in [0.3, 0.4) is 0 Å². The maximum atomic E-state index is 12.9. The van der Waals surface area contributed by atoms with Crippen LogP contribution in [0.25, 0.3) is 5.69 Å². The summed E-state index contributed by atoms with van der Waals surface area (Å²) in [5, 5.41) is 6.92. The number of amides is 3. The zero-order chi connectivity index (χ0) is 27.2. The molecule has 0 bridgehead atoms. The van der Waals surface area contributed by atoms with E-state index in [0.29, 0.717) is 24.4 Å². The number of nitrogens with zero attached hydrogens (tertiary/aromatic N) is 4. The fourth-order valence-electron chi connectivity index (χ4n) is 6.02. The Bertz CT molecular complexity index is 1460. The number of piperidine rings is 1. The zero-order valence-electron chi connectivity index (χ0n) is 22.1. The third-order valence-corrected chi connectivity index (χ3v) is 8.34. The summed E-state index contributed by atoms with van der Waals surface area (Å²) >= 11 is 0. The number of nitrogens with one attached hydrogen (secondary N) is 1. The molecule has 1 N–H and O–H groups in total. The molecule has 0 spiro atoms. The number of aromatic nitrogens is 2. The van der Waals surface area contributed by atoms with Gasteiger partial charge in [-0.2, -0.15) is 5.10 Å². The van der Waals surface area contributed by atoms with Crippen LogP contribution >= 0.6 is 0 Å². The molecular formula is C30H31N5O5. The Balaban J connectivity index is 0.940. The Labute approximate surface area is 231 Å². The number of benzene rings is 2. The fraction of sp³-hybridized carbons (Fsp3) is 0.400. The molecule has 206 valence electrons. The summed E-state index contributed by atoms with van der Waals surface area (Å²) in [6, 6.07) is 13.5. The normalized spacial score (nSPS) is 23.3. The number of likely N-dealkylation sites (tertiary alicyclic amines) is 1. The van der Waals surface area contributed by atoms with Gasteiger partial charge in [0.05, 0.1) is 25.1 Å². The van der Waals surface area contributed by atoms with Crippen molar-refractivity contribution in [2.45, 2.75) is 50.4 Å². The Morgan fingerprint density at radius 1 is 1.05 bits per heavy atom. The number of hydrogen-bond acceptors (Lipinski definition) is 7. The van der Waals surface area contributed by atoms with Gasteiger partial charge in [0.15, 0.2) is 0 Å². The van der Waals surface area contributed by atoms with Crippen LogP contribution in [-0.2, 0) is 27.4 Å². The molecular weight excluding hydrogens is 510 g/mol. The van der Waals surface area contributed by atoms with Crippen LogP contribution in [0.4, 0.5) is 0 Å². The van der Waals surface area contributed by atoms with Gasteiger partial charge in [-0.05, 0) is 54.3 Å². The highest BCUT2D eigenvalue weighted by Crippen LogP contribution is 2.31. The highest BCUT2D eigenvalue weighted by molar-refractivity contribution is 6.05. The fourth-order valence-corrected chi connectivity index (χ4v) is 6.02. The molecule has 2 unspecified atom stereocenters. The molecule has 2 aromatic carbocycles. The van der Waals surface area contributed by atoms with E-state index in [-0.39, 0.29) is 24.3 Å². The van der Waals surface area contributed by atoms with Gasteiger partial charge in [0.25, 0.3) is 5.91 Å².